The van der Waals surface area contributed by atoms with Crippen LogP contribution < -0.4 is 10.5 Å². The highest BCUT2D eigenvalue weighted by molar-refractivity contribution is 5.56. The molecule has 2 aliphatic rings. The van der Waals surface area contributed by atoms with Crippen molar-refractivity contribution in [3.8, 4) is 6.07 Å². The van der Waals surface area contributed by atoms with Gasteiger partial charge in [-0.1, -0.05) is 0 Å². The molecule has 2 aliphatic heterocycles. The Kier molecular flexibility index (Phi) is 4.90. The lowest BCUT2D eigenvalue weighted by Gasteiger charge is -2.34. The first-order valence-corrected chi connectivity index (χ1v) is 9.42. The van der Waals surface area contributed by atoms with Crippen molar-refractivity contribution in [3.63, 3.8) is 0 Å². The van der Waals surface area contributed by atoms with E-state index in [0.717, 1.165) is 49.4 Å². The summed E-state index contributed by atoms with van der Waals surface area (Å²) in [6, 6.07) is 4.23. The van der Waals surface area contributed by atoms with Crippen LogP contribution in [0, 0.1) is 24.2 Å². The predicted octanol–water partition coefficient (Wildman–Crippen LogP) is 1.81. The summed E-state index contributed by atoms with van der Waals surface area (Å²) in [6.07, 6.45) is 5.97. The number of rotatable bonds is 3. The maximum atomic E-state index is 12.2. The molecule has 0 amide bonds. The molecule has 27 heavy (non-hydrogen) atoms. The summed E-state index contributed by atoms with van der Waals surface area (Å²) in [5.74, 6) is 1.23. The average molecular weight is 365 g/mol. The van der Waals surface area contributed by atoms with Crippen LogP contribution in [-0.4, -0.2) is 34.2 Å². The van der Waals surface area contributed by atoms with Crippen molar-refractivity contribution >= 4 is 5.82 Å². The molecule has 7 heteroatoms. The molecule has 0 aliphatic carbocycles. The molecule has 0 unspecified atom stereocenters. The van der Waals surface area contributed by atoms with E-state index in [-0.39, 0.29) is 5.56 Å². The van der Waals surface area contributed by atoms with Gasteiger partial charge in [-0.15, -0.1) is 0 Å². The van der Waals surface area contributed by atoms with Crippen LogP contribution in [0.4, 0.5) is 5.82 Å². The summed E-state index contributed by atoms with van der Waals surface area (Å²) < 4.78 is 7.19. The van der Waals surface area contributed by atoms with Crippen molar-refractivity contribution < 1.29 is 4.74 Å². The Bertz CT molecular complexity index is 938. The first kappa shape index (κ1) is 17.7. The number of fused-ring (bicyclic) bond motifs is 1. The van der Waals surface area contributed by atoms with E-state index in [4.69, 9.17) is 9.72 Å². The molecule has 7 nitrogen and oxygen atoms in total. The number of nitrogens with zero attached hydrogens (tertiary/aromatic N) is 5. The van der Waals surface area contributed by atoms with Gasteiger partial charge in [0.25, 0.3) is 5.56 Å². The van der Waals surface area contributed by atoms with Gasteiger partial charge in [0, 0.05) is 43.4 Å². The molecule has 0 saturated carbocycles. The number of aryl methyl sites for hydroxylation is 1. The lowest BCUT2D eigenvalue weighted by atomic mass is 9.96. The van der Waals surface area contributed by atoms with Crippen molar-refractivity contribution in [3.05, 3.63) is 51.3 Å². The number of piperidine rings is 1. The number of anilines is 1. The zero-order valence-electron chi connectivity index (χ0n) is 15.5. The van der Waals surface area contributed by atoms with Gasteiger partial charge < -0.3 is 9.64 Å². The average Bonchev–Trinajstić information content (AvgIpc) is 2.71. The van der Waals surface area contributed by atoms with Crippen molar-refractivity contribution in [2.45, 2.75) is 39.3 Å². The van der Waals surface area contributed by atoms with Crippen LogP contribution in [0.15, 0.2) is 23.4 Å². The van der Waals surface area contributed by atoms with Crippen molar-refractivity contribution in [1.82, 2.24) is 14.5 Å². The first-order chi connectivity index (χ1) is 13.2. The van der Waals surface area contributed by atoms with Crippen LogP contribution in [0.25, 0.3) is 0 Å². The van der Waals surface area contributed by atoms with Gasteiger partial charge in [0.05, 0.1) is 30.8 Å². The van der Waals surface area contributed by atoms with E-state index < -0.39 is 0 Å². The molecule has 1 saturated heterocycles. The van der Waals surface area contributed by atoms with Gasteiger partial charge in [0.1, 0.15) is 11.9 Å². The zero-order chi connectivity index (χ0) is 18.8. The lowest BCUT2D eigenvalue weighted by molar-refractivity contribution is 0.109. The minimum atomic E-state index is 0.0396. The van der Waals surface area contributed by atoms with E-state index in [9.17, 15) is 10.1 Å². The Morgan fingerprint density at radius 1 is 1.37 bits per heavy atom. The summed E-state index contributed by atoms with van der Waals surface area (Å²) in [4.78, 5) is 23.3. The van der Waals surface area contributed by atoms with E-state index in [1.807, 2.05) is 6.07 Å². The normalized spacial score (nSPS) is 17.4. The fourth-order valence-electron chi connectivity index (χ4n) is 3.89. The molecule has 0 radical (unpaired) electrons. The third-order valence-corrected chi connectivity index (χ3v) is 5.47. The Morgan fingerprint density at radius 2 is 2.19 bits per heavy atom. The van der Waals surface area contributed by atoms with Gasteiger partial charge in [-0.25, -0.2) is 9.97 Å². The van der Waals surface area contributed by atoms with Gasteiger partial charge in [-0.05, 0) is 31.7 Å². The van der Waals surface area contributed by atoms with Crippen molar-refractivity contribution in [2.75, 3.05) is 24.6 Å². The fraction of sp³-hybridized carbons (Fsp3) is 0.500. The van der Waals surface area contributed by atoms with Crippen molar-refractivity contribution in [1.29, 1.82) is 5.26 Å². The van der Waals surface area contributed by atoms with E-state index in [2.05, 4.69) is 16.0 Å². The highest BCUT2D eigenvalue weighted by Crippen LogP contribution is 2.28. The van der Waals surface area contributed by atoms with Crippen LogP contribution in [0.1, 0.15) is 35.2 Å². The number of pyridine rings is 1. The monoisotopic (exact) mass is 365 g/mol. The molecular weight excluding hydrogens is 342 g/mol. The molecule has 0 atom stereocenters. The summed E-state index contributed by atoms with van der Waals surface area (Å²) in [7, 11) is 0. The third-order valence-electron chi connectivity index (χ3n) is 5.47. The van der Waals surface area contributed by atoms with Gasteiger partial charge in [0.2, 0.25) is 0 Å². The highest BCUT2D eigenvalue weighted by Gasteiger charge is 2.24. The second-order valence-electron chi connectivity index (χ2n) is 7.34. The minimum absolute atomic E-state index is 0.0396. The molecule has 0 aromatic carbocycles. The number of ether oxygens (including phenoxy) is 1. The van der Waals surface area contributed by atoms with Gasteiger partial charge in [-0.3, -0.25) is 9.36 Å². The molecule has 1 fully saturated rings. The van der Waals surface area contributed by atoms with Gasteiger partial charge >= 0.3 is 0 Å². The second-order valence-corrected chi connectivity index (χ2v) is 7.34. The number of hydrogen-bond donors (Lipinski definition) is 0. The van der Waals surface area contributed by atoms with E-state index in [0.29, 0.717) is 36.8 Å². The summed E-state index contributed by atoms with van der Waals surface area (Å²) in [5, 5.41) is 9.55. The van der Waals surface area contributed by atoms with Crippen LogP contribution in [0.3, 0.4) is 0 Å². The number of aromatic nitrogens is 3. The second kappa shape index (κ2) is 7.49. The maximum absolute atomic E-state index is 12.2. The topological polar surface area (TPSA) is 84.0 Å². The van der Waals surface area contributed by atoms with E-state index in [1.54, 1.807) is 24.0 Å². The molecule has 4 heterocycles. The zero-order valence-corrected chi connectivity index (χ0v) is 15.5. The van der Waals surface area contributed by atoms with Crippen LogP contribution in [0.5, 0.6) is 0 Å². The molecule has 4 rings (SSSR count). The maximum Gasteiger partial charge on any atom is 0.256 e. The fourth-order valence-corrected chi connectivity index (χ4v) is 3.89. The van der Waals surface area contributed by atoms with E-state index in [1.165, 1.54) is 0 Å². The first-order valence-electron chi connectivity index (χ1n) is 9.42. The number of nitriles is 1. The summed E-state index contributed by atoms with van der Waals surface area (Å²) >= 11 is 0. The Hall–Kier alpha value is -2.72. The van der Waals surface area contributed by atoms with Gasteiger partial charge in [-0.2, -0.15) is 5.26 Å². The largest absolute Gasteiger partial charge is 0.376 e. The molecule has 2 aromatic rings. The summed E-state index contributed by atoms with van der Waals surface area (Å²) in [5.41, 5.74) is 3.42. The standard InChI is InChI=1S/C20H23N5O2/c1-14-10-22-13-25(20(14)26)11-15-2-5-24(6-3-15)19-16(9-21)8-17-12-27-7-4-18(17)23-19/h8,10,13,15H,2-7,11-12H2,1H3. The predicted molar refractivity (Wildman–Crippen MR) is 100 cm³/mol. The molecular formula is C20H23N5O2. The van der Waals surface area contributed by atoms with Crippen LogP contribution >= 0.6 is 0 Å². The SMILES string of the molecule is Cc1cncn(CC2CCN(c3nc4c(cc3C#N)COCC4)CC2)c1=O. The quantitative estimate of drug-likeness (QED) is 0.825. The van der Waals surface area contributed by atoms with Gasteiger partial charge in [0.15, 0.2) is 0 Å². The number of hydrogen-bond acceptors (Lipinski definition) is 6. The van der Waals surface area contributed by atoms with E-state index >= 15 is 0 Å². The molecule has 0 N–H and O–H groups in total. The Labute approximate surface area is 158 Å². The lowest BCUT2D eigenvalue weighted by Crippen LogP contribution is -2.37. The highest BCUT2D eigenvalue weighted by atomic mass is 16.5. The minimum Gasteiger partial charge on any atom is -0.376 e. The Balaban J connectivity index is 1.47. The third kappa shape index (κ3) is 3.58. The smallest absolute Gasteiger partial charge is 0.256 e. The summed E-state index contributed by atoms with van der Waals surface area (Å²) in [6.45, 7) is 5.41. The molecule has 0 bridgehead atoms. The molecule has 140 valence electrons. The van der Waals surface area contributed by atoms with Crippen LogP contribution in [-0.2, 0) is 24.3 Å². The Morgan fingerprint density at radius 3 is 2.96 bits per heavy atom. The van der Waals surface area contributed by atoms with Crippen molar-refractivity contribution in [2.24, 2.45) is 5.92 Å². The molecule has 2 aromatic heterocycles. The molecule has 0 spiro atoms. The van der Waals surface area contributed by atoms with Crippen LogP contribution in [0.2, 0.25) is 0 Å².